The maximum Gasteiger partial charge on any atom is 0.245 e. The summed E-state index contributed by atoms with van der Waals surface area (Å²) in [7, 11) is 0. The molecular formula is C65H112N22O13. The molecule has 0 radical (unpaired) electrons. The Morgan fingerprint density at radius 3 is 1.34 bits per heavy atom. The molecule has 1 aromatic heterocycles. The third-order valence-electron chi connectivity index (χ3n) is 15.7. The molecule has 1 heterocycles. The van der Waals surface area contributed by atoms with Gasteiger partial charge in [0.15, 0.2) is 17.9 Å². The molecule has 2 rings (SSSR count). The molecule has 0 bridgehead atoms. The molecule has 35 heteroatoms. The molecule has 0 saturated carbocycles. The van der Waals surface area contributed by atoms with E-state index in [1.54, 1.807) is 13.8 Å². The van der Waals surface area contributed by atoms with Crippen molar-refractivity contribution in [3.05, 3.63) is 48.0 Å². The zero-order chi connectivity index (χ0) is 74.4. The molecule has 27 N–H and O–H groups in total. The highest BCUT2D eigenvalue weighted by atomic mass is 16.3. The number of phenolic OH excluding ortho intramolecular Hbond substituents is 1. The van der Waals surface area contributed by atoms with Crippen LogP contribution in [0.3, 0.4) is 0 Å². The summed E-state index contributed by atoms with van der Waals surface area (Å²) < 4.78 is 0. The third kappa shape index (κ3) is 38.9. The predicted molar refractivity (Wildman–Crippen MR) is 377 cm³/mol. The number of aromatic amines is 1. The number of benzene rings is 1. The lowest BCUT2D eigenvalue weighted by Gasteiger charge is -2.26. The molecule has 35 nitrogen and oxygen atoms in total. The number of carbonyl (C=O) groups excluding carboxylic acids is 11. The van der Waals surface area contributed by atoms with Crippen LogP contribution >= 0.6 is 0 Å². The monoisotopic (exact) mass is 1410 g/mol. The minimum atomic E-state index is -1.50. The summed E-state index contributed by atoms with van der Waals surface area (Å²) in [5, 5.41) is 45.5. The molecule has 1 aromatic carbocycles. The summed E-state index contributed by atoms with van der Waals surface area (Å²) in [6, 6.07) is -5.18. The predicted octanol–water partition coefficient (Wildman–Crippen LogP) is -2.80. The van der Waals surface area contributed by atoms with E-state index in [-0.39, 0.29) is 113 Å². The first-order chi connectivity index (χ1) is 47.6. The molecule has 100 heavy (non-hydrogen) atoms. The van der Waals surface area contributed by atoms with E-state index < -0.39 is 133 Å². The molecule has 560 valence electrons. The first-order valence-corrected chi connectivity index (χ1v) is 34.4. The van der Waals surface area contributed by atoms with Gasteiger partial charge in [0.05, 0.1) is 26.0 Å². The average Bonchev–Trinajstić information content (AvgIpc) is 0.976. The number of aromatic nitrogens is 2. The van der Waals surface area contributed by atoms with Gasteiger partial charge in [-0.1, -0.05) is 110 Å². The van der Waals surface area contributed by atoms with E-state index in [9.17, 15) is 63.0 Å². The molecule has 0 saturated heterocycles. The van der Waals surface area contributed by atoms with E-state index >= 15 is 0 Å². The van der Waals surface area contributed by atoms with Crippen molar-refractivity contribution in [3.63, 3.8) is 0 Å². The summed E-state index contributed by atoms with van der Waals surface area (Å²) in [5.41, 5.74) is 39.3. The summed E-state index contributed by atoms with van der Waals surface area (Å²) in [5.74, 6) is -10.0. The van der Waals surface area contributed by atoms with Gasteiger partial charge in [0, 0.05) is 50.8 Å². The minimum Gasteiger partial charge on any atom is -0.508 e. The zero-order valence-corrected chi connectivity index (χ0v) is 58.4. The molecule has 8 unspecified atom stereocenters. The van der Waals surface area contributed by atoms with Gasteiger partial charge in [-0.15, -0.1) is 0 Å². The number of nitrogens with one attached hydrogen (secondary N) is 11. The molecule has 2 aromatic rings. The van der Waals surface area contributed by atoms with Crippen LogP contribution < -0.4 is 93.3 Å². The van der Waals surface area contributed by atoms with E-state index in [1.807, 2.05) is 0 Å². The number of phenols is 1. The molecule has 0 spiro atoms. The van der Waals surface area contributed by atoms with Crippen molar-refractivity contribution < 1.29 is 63.0 Å². The Morgan fingerprint density at radius 1 is 0.460 bits per heavy atom. The number of primary amides is 1. The fourth-order valence-electron chi connectivity index (χ4n) is 10.3. The van der Waals surface area contributed by atoms with Gasteiger partial charge in [0.2, 0.25) is 65.0 Å². The lowest BCUT2D eigenvalue weighted by molar-refractivity contribution is -0.135. The minimum absolute atomic E-state index is 0.0114. The Kier molecular flexibility index (Phi) is 42.8. The highest BCUT2D eigenvalue weighted by Crippen LogP contribution is 2.16. The average molecular weight is 1410 g/mol. The van der Waals surface area contributed by atoms with E-state index in [0.29, 0.717) is 17.7 Å². The van der Waals surface area contributed by atoms with Gasteiger partial charge in [-0.3, -0.25) is 67.7 Å². The van der Waals surface area contributed by atoms with Crippen molar-refractivity contribution in [2.75, 3.05) is 39.3 Å². The first kappa shape index (κ1) is 86.3. The summed E-state index contributed by atoms with van der Waals surface area (Å²) >= 11 is 0. The summed E-state index contributed by atoms with van der Waals surface area (Å²) in [4.78, 5) is 168. The zero-order valence-electron chi connectivity index (χ0n) is 58.4. The molecule has 8 atom stereocenters. The number of imidazole rings is 1. The molecular weight excluding hydrogens is 1300 g/mol. The number of aliphatic imine (C=N–C) groups is 3. The fraction of sp³-hybridized carbons (Fsp3) is 0.646. The number of unbranched alkanes of at least 4 members (excludes halogenated alkanes) is 12. The van der Waals surface area contributed by atoms with Crippen LogP contribution in [0.5, 0.6) is 5.75 Å². The molecule has 0 fully saturated rings. The number of aliphatic hydroxyl groups is 1. The van der Waals surface area contributed by atoms with Crippen LogP contribution in [0.25, 0.3) is 0 Å². The highest BCUT2D eigenvalue weighted by Gasteiger charge is 2.33. The number of carbonyl (C=O) groups is 11. The van der Waals surface area contributed by atoms with Gasteiger partial charge in [-0.25, -0.2) is 4.98 Å². The Hall–Kier alpha value is -9.83. The number of aromatic hydroxyl groups is 1. The number of nitrogens with two attached hydrogens (primary N) is 7. The standard InChI is InChI=1S/C65H112N22O13/c1-5-6-7-8-9-10-11-12-13-14-15-16-17-24-52(90)83-51(38-88)58(96)78-36-53(91)81-46(22-19-30-75-64(69)70)59(97)85-47(23-20-31-76-65(71)72)60(98)87-49(33-42-25-27-44(89)28-26-42)57(95)77-37-54(92)82-50(34-43-35-73-39-79-43)61(99)80-41(4)56(94)86-48(32-40(2)3)62(100)84-45(55(66)93)21-18-29-74-63(67)68/h25-28,35,39-41,45-51,88-89H,5-24,29-34,36-38H2,1-4H3,(H2,66,93)(H,73,79)(H,77,95)(H,78,96)(H,80,99)(H,81,91)(H,82,92)(H,83,90)(H,84,100)(H,85,97)(H,86,94)(H,87,98)(H4,67,68,74)(H4,69,70,75)(H4,71,72,76). The Balaban J connectivity index is 2.28. The van der Waals surface area contributed by atoms with Gasteiger partial charge >= 0.3 is 0 Å². The van der Waals surface area contributed by atoms with Crippen LogP contribution in [0, 0.1) is 5.92 Å². The van der Waals surface area contributed by atoms with Crippen LogP contribution in [0.15, 0.2) is 51.8 Å². The SMILES string of the molecule is CCCCCCCCCCCCCCCC(=O)NC(CO)C(=O)NCC(=O)NC(CCCN=C(N)N)C(=O)NC(CCCN=C(N)N)C(=O)NC(Cc1ccc(O)cc1)C(=O)NCC(=O)NC(Cc1cnc[nH]1)C(=O)NC(C)C(=O)NC(CC(C)C)C(=O)NC(CCCN=C(N)N)C(N)=O. The quantitative estimate of drug-likeness (QED) is 0.0181. The van der Waals surface area contributed by atoms with Gasteiger partial charge < -0.3 is 109 Å². The van der Waals surface area contributed by atoms with Gasteiger partial charge in [-0.05, 0) is 81.9 Å². The van der Waals surface area contributed by atoms with Crippen LogP contribution in [0.1, 0.15) is 174 Å². The fourth-order valence-corrected chi connectivity index (χ4v) is 10.3. The van der Waals surface area contributed by atoms with E-state index in [0.717, 1.165) is 25.7 Å². The van der Waals surface area contributed by atoms with Gasteiger partial charge in [0.25, 0.3) is 0 Å². The number of amides is 11. The van der Waals surface area contributed by atoms with E-state index in [4.69, 9.17) is 40.1 Å². The second-order valence-corrected chi connectivity index (χ2v) is 25.0. The summed E-state index contributed by atoms with van der Waals surface area (Å²) in [6.45, 7) is 5.03. The van der Waals surface area contributed by atoms with Crippen molar-refractivity contribution in [1.82, 2.24) is 63.1 Å². The molecule has 0 aliphatic carbocycles. The van der Waals surface area contributed by atoms with Crippen molar-refractivity contribution in [1.29, 1.82) is 0 Å². The Bertz CT molecular complexity index is 2940. The summed E-state index contributed by atoms with van der Waals surface area (Å²) in [6.07, 6.45) is 17.4. The highest BCUT2D eigenvalue weighted by molar-refractivity contribution is 5.98. The molecule has 0 aliphatic rings. The number of hydrogen-bond donors (Lipinski definition) is 20. The van der Waals surface area contributed by atoms with Crippen molar-refractivity contribution in [2.24, 2.45) is 61.0 Å². The number of aliphatic hydroxyl groups excluding tert-OH is 1. The topological polar surface area (TPSA) is 596 Å². The molecule has 0 aliphatic heterocycles. The number of hydrogen-bond acceptors (Lipinski definition) is 17. The van der Waals surface area contributed by atoms with Gasteiger partial charge in [0.1, 0.15) is 54.1 Å². The van der Waals surface area contributed by atoms with Crippen molar-refractivity contribution >= 4 is 82.9 Å². The normalized spacial score (nSPS) is 13.3. The van der Waals surface area contributed by atoms with Crippen LogP contribution in [0.4, 0.5) is 0 Å². The molecule has 11 amide bonds. The van der Waals surface area contributed by atoms with Crippen LogP contribution in [0.2, 0.25) is 0 Å². The number of H-pyrrole nitrogens is 1. The third-order valence-corrected chi connectivity index (χ3v) is 15.7. The second-order valence-electron chi connectivity index (χ2n) is 25.0. The van der Waals surface area contributed by atoms with E-state index in [2.05, 4.69) is 85.0 Å². The number of guanidine groups is 3. The number of rotatable bonds is 53. The second kappa shape index (κ2) is 49.6. The number of nitrogens with zero attached hydrogens (tertiary/aromatic N) is 4. The Morgan fingerprint density at radius 2 is 0.870 bits per heavy atom. The van der Waals surface area contributed by atoms with Gasteiger partial charge in [-0.2, -0.15) is 0 Å². The lowest BCUT2D eigenvalue weighted by Crippen LogP contribution is -2.59. The largest absolute Gasteiger partial charge is 0.508 e. The van der Waals surface area contributed by atoms with Crippen LogP contribution in [-0.4, -0.2) is 191 Å². The van der Waals surface area contributed by atoms with Crippen molar-refractivity contribution in [3.8, 4) is 5.75 Å². The van der Waals surface area contributed by atoms with Crippen LogP contribution in [-0.2, 0) is 65.6 Å². The smallest absolute Gasteiger partial charge is 0.245 e. The maximum absolute atomic E-state index is 14.5. The first-order valence-electron chi connectivity index (χ1n) is 34.4. The van der Waals surface area contributed by atoms with E-state index in [1.165, 1.54) is 95.1 Å². The van der Waals surface area contributed by atoms with Crippen molar-refractivity contribution in [2.45, 2.75) is 224 Å². The lowest BCUT2D eigenvalue weighted by atomic mass is 10.0. The Labute approximate surface area is 584 Å². The maximum atomic E-state index is 14.5.